The van der Waals surface area contributed by atoms with Gasteiger partial charge in [-0.3, -0.25) is 10.1 Å². The van der Waals surface area contributed by atoms with E-state index in [2.05, 4.69) is 10.2 Å². The third-order valence-electron chi connectivity index (χ3n) is 2.68. The van der Waals surface area contributed by atoms with E-state index in [-0.39, 0.29) is 12.2 Å². The van der Waals surface area contributed by atoms with Gasteiger partial charge >= 0.3 is 12.5 Å². The largest absolute Gasteiger partial charge is 0.436 e. The molecule has 0 unspecified atom stereocenters. The molecule has 115 valence electrons. The molecule has 0 bridgehead atoms. The fourth-order valence-corrected chi connectivity index (χ4v) is 1.62. The van der Waals surface area contributed by atoms with Gasteiger partial charge in [0, 0.05) is 6.07 Å². The number of hydrogen-bond acceptors (Lipinski definition) is 3. The molecule has 2 amide bonds. The molecular formula is C14H17F2N2O3. The minimum Gasteiger partial charge on any atom is -0.318 e. The van der Waals surface area contributed by atoms with Crippen molar-refractivity contribution < 1.29 is 23.2 Å². The lowest BCUT2D eigenvalue weighted by molar-refractivity contribution is -0.0308. The monoisotopic (exact) mass is 299 g/mol. The summed E-state index contributed by atoms with van der Waals surface area (Å²) in [7, 11) is 0. The molecule has 5 nitrogen and oxygen atoms in total. The Hall–Kier alpha value is -2.18. The Balaban J connectivity index is 2.45. The molecule has 21 heavy (non-hydrogen) atoms. The molecule has 0 saturated carbocycles. The SMILES string of the molecule is CCCCCCN([C]=O)OC(=O)Nc1ccc(F)cc1F. The van der Waals surface area contributed by atoms with Crippen molar-refractivity contribution in [1.29, 1.82) is 0 Å². The van der Waals surface area contributed by atoms with Crippen molar-refractivity contribution in [2.45, 2.75) is 32.6 Å². The fourth-order valence-electron chi connectivity index (χ4n) is 1.62. The lowest BCUT2D eigenvalue weighted by Gasteiger charge is -2.15. The van der Waals surface area contributed by atoms with E-state index >= 15 is 0 Å². The summed E-state index contributed by atoms with van der Waals surface area (Å²) in [6.45, 7) is 2.26. The summed E-state index contributed by atoms with van der Waals surface area (Å²) in [5, 5.41) is 2.80. The van der Waals surface area contributed by atoms with Gasteiger partial charge in [-0.1, -0.05) is 26.2 Å². The minimum atomic E-state index is -1.04. The summed E-state index contributed by atoms with van der Waals surface area (Å²) in [5.74, 6) is -1.69. The zero-order chi connectivity index (χ0) is 15.7. The van der Waals surface area contributed by atoms with Crippen LogP contribution in [0.15, 0.2) is 18.2 Å². The first kappa shape index (κ1) is 16.9. The highest BCUT2D eigenvalue weighted by atomic mass is 19.1. The molecule has 0 heterocycles. The second-order valence-electron chi connectivity index (χ2n) is 4.38. The van der Waals surface area contributed by atoms with Crippen molar-refractivity contribution in [1.82, 2.24) is 5.06 Å². The molecule has 0 fully saturated rings. The third kappa shape index (κ3) is 6.20. The average Bonchev–Trinajstić information content (AvgIpc) is 2.45. The second-order valence-corrected chi connectivity index (χ2v) is 4.38. The van der Waals surface area contributed by atoms with Crippen LogP contribution in [0.4, 0.5) is 19.3 Å². The Bertz CT molecular complexity index is 483. The molecule has 1 aromatic rings. The van der Waals surface area contributed by atoms with Crippen molar-refractivity contribution in [3.63, 3.8) is 0 Å². The van der Waals surface area contributed by atoms with Crippen molar-refractivity contribution in [2.24, 2.45) is 0 Å². The highest BCUT2D eigenvalue weighted by molar-refractivity contribution is 5.84. The molecule has 0 aliphatic rings. The number of hydrogen-bond donors (Lipinski definition) is 1. The van der Waals surface area contributed by atoms with Gasteiger partial charge in [-0.25, -0.2) is 13.6 Å². The first-order valence-corrected chi connectivity index (χ1v) is 6.66. The first-order chi connectivity index (χ1) is 10.1. The zero-order valence-electron chi connectivity index (χ0n) is 11.7. The normalized spacial score (nSPS) is 10.0. The van der Waals surface area contributed by atoms with Crippen LogP contribution < -0.4 is 5.32 Å². The van der Waals surface area contributed by atoms with Gasteiger partial charge in [-0.2, -0.15) is 5.06 Å². The molecule has 0 aliphatic heterocycles. The van der Waals surface area contributed by atoms with Crippen LogP contribution in [0, 0.1) is 11.6 Å². The van der Waals surface area contributed by atoms with Gasteiger partial charge in [-0.15, -0.1) is 0 Å². The smallest absolute Gasteiger partial charge is 0.318 e. The number of rotatable bonds is 8. The number of carbonyl (C=O) groups is 1. The van der Waals surface area contributed by atoms with Gasteiger partial charge in [0.15, 0.2) is 0 Å². The molecule has 0 atom stereocenters. The first-order valence-electron chi connectivity index (χ1n) is 6.66. The number of unbranched alkanes of at least 4 members (excludes halogenated alkanes) is 3. The lowest BCUT2D eigenvalue weighted by atomic mass is 10.2. The molecular weight excluding hydrogens is 282 g/mol. The molecule has 1 aromatic carbocycles. The van der Waals surface area contributed by atoms with E-state index in [4.69, 9.17) is 0 Å². The van der Waals surface area contributed by atoms with Crippen LogP contribution in [0.2, 0.25) is 0 Å². The second kappa shape index (κ2) is 8.89. The van der Waals surface area contributed by atoms with Gasteiger partial charge in [0.05, 0.1) is 12.2 Å². The average molecular weight is 299 g/mol. The van der Waals surface area contributed by atoms with E-state index < -0.39 is 17.7 Å². The zero-order valence-corrected chi connectivity index (χ0v) is 11.7. The number of carbonyl (C=O) groups excluding carboxylic acids is 2. The van der Waals surface area contributed by atoms with E-state index in [0.717, 1.165) is 31.4 Å². The molecule has 1 radical (unpaired) electrons. The van der Waals surface area contributed by atoms with E-state index in [9.17, 15) is 18.4 Å². The quantitative estimate of drug-likeness (QED) is 0.455. The van der Waals surface area contributed by atoms with Crippen molar-refractivity contribution >= 4 is 18.2 Å². The van der Waals surface area contributed by atoms with Gasteiger partial charge < -0.3 is 4.84 Å². The van der Waals surface area contributed by atoms with Gasteiger partial charge in [0.1, 0.15) is 11.6 Å². The fraction of sp³-hybridized carbons (Fsp3) is 0.429. The van der Waals surface area contributed by atoms with Crippen LogP contribution in [-0.2, 0) is 9.63 Å². The molecule has 0 saturated heterocycles. The van der Waals surface area contributed by atoms with Crippen molar-refractivity contribution in [3.05, 3.63) is 29.8 Å². The van der Waals surface area contributed by atoms with Crippen LogP contribution in [-0.4, -0.2) is 24.1 Å². The highest BCUT2D eigenvalue weighted by Crippen LogP contribution is 2.15. The van der Waals surface area contributed by atoms with Crippen molar-refractivity contribution in [2.75, 3.05) is 11.9 Å². The van der Waals surface area contributed by atoms with Crippen LogP contribution >= 0.6 is 0 Å². The standard InChI is InChI=1S/C14H17F2N2O3/c1-2-3-4-5-8-18(10-19)21-14(20)17-13-7-6-11(15)9-12(13)16/h6-7,9H,2-5,8H2,1H3,(H,17,20). The Morgan fingerprint density at radius 1 is 1.33 bits per heavy atom. The summed E-state index contributed by atoms with van der Waals surface area (Å²) in [6, 6.07) is 2.68. The number of hydroxylamine groups is 2. The third-order valence-corrected chi connectivity index (χ3v) is 2.68. The van der Waals surface area contributed by atoms with Crippen LogP contribution in [0.5, 0.6) is 0 Å². The van der Waals surface area contributed by atoms with E-state index in [0.29, 0.717) is 17.6 Å². The molecule has 1 N–H and O–H groups in total. The maximum atomic E-state index is 13.3. The molecule has 1 rings (SSSR count). The Morgan fingerprint density at radius 3 is 2.71 bits per heavy atom. The number of halogens is 2. The van der Waals surface area contributed by atoms with E-state index in [1.807, 2.05) is 6.92 Å². The summed E-state index contributed by atoms with van der Waals surface area (Å²) >= 11 is 0. The number of nitrogens with zero attached hydrogens (tertiary/aromatic N) is 1. The van der Waals surface area contributed by atoms with Crippen LogP contribution in [0.3, 0.4) is 0 Å². The Morgan fingerprint density at radius 2 is 2.10 bits per heavy atom. The number of nitrogens with one attached hydrogen (secondary N) is 1. The van der Waals surface area contributed by atoms with E-state index in [1.54, 1.807) is 0 Å². The topological polar surface area (TPSA) is 58.6 Å². The predicted octanol–water partition coefficient (Wildman–Crippen LogP) is 3.38. The Kier molecular flexibility index (Phi) is 7.14. The molecule has 7 heteroatoms. The summed E-state index contributed by atoms with van der Waals surface area (Å²) in [5.41, 5.74) is -0.238. The van der Waals surface area contributed by atoms with Gasteiger partial charge in [0.2, 0.25) is 0 Å². The molecule has 0 aliphatic carbocycles. The Labute approximate surface area is 121 Å². The van der Waals surface area contributed by atoms with Crippen molar-refractivity contribution in [3.8, 4) is 0 Å². The highest BCUT2D eigenvalue weighted by Gasteiger charge is 2.13. The maximum Gasteiger partial charge on any atom is 0.436 e. The number of benzene rings is 1. The lowest BCUT2D eigenvalue weighted by Crippen LogP contribution is -2.29. The summed E-state index contributed by atoms with van der Waals surface area (Å²) < 4.78 is 26.0. The van der Waals surface area contributed by atoms with E-state index in [1.165, 1.54) is 6.41 Å². The van der Waals surface area contributed by atoms with Crippen LogP contribution in [0.25, 0.3) is 0 Å². The summed E-state index contributed by atoms with van der Waals surface area (Å²) in [4.78, 5) is 26.8. The van der Waals surface area contributed by atoms with Crippen LogP contribution in [0.1, 0.15) is 32.6 Å². The molecule has 0 aromatic heterocycles. The maximum absolute atomic E-state index is 13.3. The van der Waals surface area contributed by atoms with Gasteiger partial charge in [-0.05, 0) is 18.6 Å². The predicted molar refractivity (Wildman–Crippen MR) is 73.0 cm³/mol. The number of amides is 2. The number of anilines is 1. The molecule has 0 spiro atoms. The minimum absolute atomic E-state index is 0.211. The van der Waals surface area contributed by atoms with Gasteiger partial charge in [0.25, 0.3) is 0 Å². The summed E-state index contributed by atoms with van der Waals surface area (Å²) in [6.07, 6.45) is 4.04.